The molecule has 0 aromatic heterocycles. The quantitative estimate of drug-likeness (QED) is 0.444. The molecule has 0 saturated carbocycles. The van der Waals surface area contributed by atoms with Crippen LogP contribution in [0.3, 0.4) is 0 Å². The van der Waals surface area contributed by atoms with Crippen LogP contribution in [0.4, 0.5) is 0 Å². The van der Waals surface area contributed by atoms with E-state index in [1.807, 2.05) is 37.3 Å². The Morgan fingerprint density at radius 2 is 1.50 bits per heavy atom. The zero-order valence-electron chi connectivity index (χ0n) is 18.5. The third kappa shape index (κ3) is 7.98. The first-order chi connectivity index (χ1) is 15.4. The van der Waals surface area contributed by atoms with Gasteiger partial charge in [-0.05, 0) is 31.0 Å². The summed E-state index contributed by atoms with van der Waals surface area (Å²) in [4.78, 5) is 49.3. The molecule has 3 N–H and O–H groups in total. The minimum Gasteiger partial charge on any atom is -0.345 e. The van der Waals surface area contributed by atoms with Gasteiger partial charge in [-0.1, -0.05) is 68.3 Å². The number of hydrogen-bond acceptors (Lipinski definition) is 4. The van der Waals surface area contributed by atoms with Crippen LogP contribution in [0.1, 0.15) is 49.0 Å². The van der Waals surface area contributed by atoms with Gasteiger partial charge in [-0.3, -0.25) is 14.4 Å². The van der Waals surface area contributed by atoms with Crippen molar-refractivity contribution in [1.82, 2.24) is 16.0 Å². The second kappa shape index (κ2) is 13.0. The molecule has 2 aromatic carbocycles. The average molecular weight is 438 g/mol. The van der Waals surface area contributed by atoms with Gasteiger partial charge in [0.05, 0.1) is 6.04 Å². The van der Waals surface area contributed by atoms with Crippen LogP contribution in [-0.2, 0) is 20.8 Å². The molecule has 0 fully saturated rings. The summed E-state index contributed by atoms with van der Waals surface area (Å²) in [6.07, 6.45) is 3.26. The molecule has 0 unspecified atom stereocenters. The lowest BCUT2D eigenvalue weighted by molar-refractivity contribution is -0.130. The Morgan fingerprint density at radius 3 is 2.09 bits per heavy atom. The van der Waals surface area contributed by atoms with Crippen molar-refractivity contribution in [2.24, 2.45) is 0 Å². The number of unbranched alkanes of at least 4 members (excludes halogenated alkanes) is 1. The van der Waals surface area contributed by atoms with Gasteiger partial charge < -0.3 is 20.7 Å². The fourth-order valence-electron chi connectivity index (χ4n) is 3.18. The van der Waals surface area contributed by atoms with Crippen molar-refractivity contribution >= 4 is 24.0 Å². The zero-order chi connectivity index (χ0) is 23.3. The van der Waals surface area contributed by atoms with Crippen molar-refractivity contribution in [2.45, 2.75) is 57.7 Å². The van der Waals surface area contributed by atoms with Gasteiger partial charge in [0.25, 0.3) is 5.91 Å². The number of amides is 3. The highest BCUT2D eigenvalue weighted by molar-refractivity contribution is 5.98. The zero-order valence-corrected chi connectivity index (χ0v) is 18.5. The van der Waals surface area contributed by atoms with E-state index in [9.17, 15) is 19.2 Å². The first-order valence-corrected chi connectivity index (χ1v) is 10.9. The summed E-state index contributed by atoms with van der Waals surface area (Å²) in [5, 5.41) is 8.08. The molecule has 0 bridgehead atoms. The SMILES string of the molecule is CCCC[C@H](C=O)NC(=O)[C@H](C)NC(=O)[C@H](Cc1ccccc1)NC(=O)c1ccccc1. The second-order valence-corrected chi connectivity index (χ2v) is 7.71. The van der Waals surface area contributed by atoms with Crippen LogP contribution in [0.15, 0.2) is 60.7 Å². The molecule has 2 rings (SSSR count). The first-order valence-electron chi connectivity index (χ1n) is 10.9. The van der Waals surface area contributed by atoms with Crippen molar-refractivity contribution in [1.29, 1.82) is 0 Å². The number of nitrogens with one attached hydrogen (secondary N) is 3. The number of carbonyl (C=O) groups excluding carboxylic acids is 4. The maximum atomic E-state index is 13.0. The molecule has 0 heterocycles. The summed E-state index contributed by atoms with van der Waals surface area (Å²) in [7, 11) is 0. The lowest BCUT2D eigenvalue weighted by Crippen LogP contribution is -2.54. The number of hydrogen-bond donors (Lipinski definition) is 3. The van der Waals surface area contributed by atoms with E-state index in [-0.39, 0.29) is 12.3 Å². The van der Waals surface area contributed by atoms with E-state index >= 15 is 0 Å². The van der Waals surface area contributed by atoms with E-state index in [4.69, 9.17) is 0 Å². The van der Waals surface area contributed by atoms with Gasteiger partial charge in [-0.15, -0.1) is 0 Å². The minimum atomic E-state index is -0.873. The van der Waals surface area contributed by atoms with Crippen LogP contribution in [0.25, 0.3) is 0 Å². The van der Waals surface area contributed by atoms with E-state index in [1.54, 1.807) is 37.3 Å². The molecule has 7 nitrogen and oxygen atoms in total. The van der Waals surface area contributed by atoms with Crippen molar-refractivity contribution in [3.05, 3.63) is 71.8 Å². The molecule has 3 amide bonds. The summed E-state index contributed by atoms with van der Waals surface area (Å²) < 4.78 is 0. The van der Waals surface area contributed by atoms with Gasteiger partial charge in [-0.25, -0.2) is 0 Å². The second-order valence-electron chi connectivity index (χ2n) is 7.71. The summed E-state index contributed by atoms with van der Waals surface area (Å²) in [6, 6.07) is 15.6. The fraction of sp³-hybridized carbons (Fsp3) is 0.360. The molecular formula is C25H31N3O4. The molecule has 7 heteroatoms. The van der Waals surface area contributed by atoms with E-state index in [0.29, 0.717) is 18.3 Å². The van der Waals surface area contributed by atoms with Crippen molar-refractivity contribution in [3.63, 3.8) is 0 Å². The van der Waals surface area contributed by atoms with E-state index in [1.165, 1.54) is 0 Å². The summed E-state index contributed by atoms with van der Waals surface area (Å²) in [5.74, 6) is -1.30. The van der Waals surface area contributed by atoms with Crippen LogP contribution >= 0.6 is 0 Å². The van der Waals surface area contributed by atoms with Gasteiger partial charge in [0.2, 0.25) is 11.8 Å². The van der Waals surface area contributed by atoms with Gasteiger partial charge in [-0.2, -0.15) is 0 Å². The molecule has 170 valence electrons. The molecular weight excluding hydrogens is 406 g/mol. The standard InChI is InChI=1S/C25H31N3O4/c1-3-4-15-21(17-29)27-23(30)18(2)26-25(32)22(16-19-11-7-5-8-12-19)28-24(31)20-13-9-6-10-14-20/h5-14,17-18,21-22H,3-4,15-16H2,1-2H3,(H,26,32)(H,27,30)(H,28,31)/t18-,21+,22-/m0/s1. The van der Waals surface area contributed by atoms with Gasteiger partial charge in [0, 0.05) is 12.0 Å². The Morgan fingerprint density at radius 1 is 0.875 bits per heavy atom. The number of aldehydes is 1. The average Bonchev–Trinajstić information content (AvgIpc) is 2.82. The maximum Gasteiger partial charge on any atom is 0.251 e. The van der Waals surface area contributed by atoms with Crippen molar-refractivity contribution in [3.8, 4) is 0 Å². The third-order valence-corrected chi connectivity index (χ3v) is 5.05. The molecule has 0 spiro atoms. The highest BCUT2D eigenvalue weighted by Gasteiger charge is 2.26. The smallest absolute Gasteiger partial charge is 0.251 e. The number of rotatable bonds is 12. The maximum absolute atomic E-state index is 13.0. The third-order valence-electron chi connectivity index (χ3n) is 5.05. The minimum absolute atomic E-state index is 0.271. The van der Waals surface area contributed by atoms with Gasteiger partial charge in [0.1, 0.15) is 18.4 Å². The molecule has 0 aliphatic rings. The molecule has 0 aliphatic carbocycles. The van der Waals surface area contributed by atoms with Crippen LogP contribution < -0.4 is 16.0 Å². The highest BCUT2D eigenvalue weighted by atomic mass is 16.2. The lowest BCUT2D eigenvalue weighted by atomic mass is 10.0. The Kier molecular flexibility index (Phi) is 10.1. The molecule has 0 saturated heterocycles. The Bertz CT molecular complexity index is 887. The monoisotopic (exact) mass is 437 g/mol. The molecule has 0 aliphatic heterocycles. The predicted octanol–water partition coefficient (Wildman–Crippen LogP) is 2.41. The largest absolute Gasteiger partial charge is 0.345 e. The summed E-state index contributed by atoms with van der Waals surface area (Å²) in [6.45, 7) is 3.55. The summed E-state index contributed by atoms with van der Waals surface area (Å²) >= 11 is 0. The Hall–Kier alpha value is -3.48. The van der Waals surface area contributed by atoms with Crippen LogP contribution in [0.2, 0.25) is 0 Å². The lowest BCUT2D eigenvalue weighted by Gasteiger charge is -2.22. The van der Waals surface area contributed by atoms with Crippen LogP contribution in [0.5, 0.6) is 0 Å². The number of carbonyl (C=O) groups is 4. The van der Waals surface area contributed by atoms with Crippen molar-refractivity contribution < 1.29 is 19.2 Å². The molecule has 32 heavy (non-hydrogen) atoms. The normalized spacial score (nSPS) is 13.3. The van der Waals surface area contributed by atoms with Gasteiger partial charge >= 0.3 is 0 Å². The Labute approximate surface area is 189 Å². The van der Waals surface area contributed by atoms with Crippen LogP contribution in [0, 0.1) is 0 Å². The predicted molar refractivity (Wildman–Crippen MR) is 123 cm³/mol. The van der Waals surface area contributed by atoms with Gasteiger partial charge in [0.15, 0.2) is 0 Å². The molecule has 0 radical (unpaired) electrons. The first kappa shape index (κ1) is 24.8. The molecule has 2 aromatic rings. The number of benzene rings is 2. The summed E-state index contributed by atoms with van der Waals surface area (Å²) in [5.41, 5.74) is 1.31. The fourth-order valence-corrected chi connectivity index (χ4v) is 3.18. The van der Waals surface area contributed by atoms with E-state index < -0.39 is 29.9 Å². The topological polar surface area (TPSA) is 104 Å². The van der Waals surface area contributed by atoms with Crippen LogP contribution in [-0.4, -0.2) is 42.1 Å². The van der Waals surface area contributed by atoms with E-state index in [2.05, 4.69) is 16.0 Å². The molecule has 3 atom stereocenters. The highest BCUT2D eigenvalue weighted by Crippen LogP contribution is 2.06. The van der Waals surface area contributed by atoms with Crippen molar-refractivity contribution in [2.75, 3.05) is 0 Å². The Balaban J connectivity index is 2.06. The van der Waals surface area contributed by atoms with E-state index in [0.717, 1.165) is 18.4 Å².